The minimum absolute atomic E-state index is 0.0315. The number of ether oxygens (including phenoxy) is 2. The average Bonchev–Trinajstić information content (AvgIpc) is 3.79. The first-order chi connectivity index (χ1) is 29.4. The van der Waals surface area contributed by atoms with Crippen LogP contribution in [0.15, 0.2) is 93.7 Å². The Labute approximate surface area is 369 Å². The molecule has 4 N–H and O–H groups in total. The second kappa shape index (κ2) is 17.8. The second-order valence-electron chi connectivity index (χ2n) is 15.0. The molecule has 2 aliphatic heterocycles. The maximum atomic E-state index is 13.1. The molecule has 2 aliphatic carbocycles. The number of ketones is 2. The summed E-state index contributed by atoms with van der Waals surface area (Å²) in [4.78, 5) is 53.1. The smallest absolute Gasteiger partial charge is 0.410 e. The normalized spacial score (nSPS) is 15.5. The molecule has 0 spiro atoms. The number of fused-ring (bicyclic) bond motifs is 4. The topological polar surface area (TPSA) is 214 Å². The molecule has 0 atom stereocenters. The summed E-state index contributed by atoms with van der Waals surface area (Å²) in [6.07, 6.45) is 2.40. The van der Waals surface area contributed by atoms with Gasteiger partial charge < -0.3 is 19.3 Å². The fourth-order valence-corrected chi connectivity index (χ4v) is 10.3. The fourth-order valence-electron chi connectivity index (χ4n) is 8.13. The summed E-state index contributed by atoms with van der Waals surface area (Å²) in [7, 11) is -8.10. The number of amides is 2. The van der Waals surface area contributed by atoms with Crippen LogP contribution in [0.5, 0.6) is 0 Å². The van der Waals surface area contributed by atoms with Crippen molar-refractivity contribution < 1.29 is 45.5 Å². The van der Waals surface area contributed by atoms with Crippen molar-refractivity contribution in [3.63, 3.8) is 0 Å². The van der Waals surface area contributed by atoms with E-state index in [1.165, 1.54) is 47.5 Å². The summed E-state index contributed by atoms with van der Waals surface area (Å²) in [5.74, 6) is -0.654. The Hall–Kier alpha value is -5.36. The van der Waals surface area contributed by atoms with E-state index in [0.717, 1.165) is 59.1 Å². The first-order valence-electron chi connectivity index (χ1n) is 19.6. The number of hydrogen-bond donors (Lipinski definition) is 2. The number of carbonyl (C=O) groups excluding carboxylic acids is 4. The molecule has 0 saturated heterocycles. The molecule has 0 aromatic heterocycles. The average molecular weight is 922 g/mol. The summed E-state index contributed by atoms with van der Waals surface area (Å²) in [6.45, 7) is 6.35. The number of carbonyl (C=O) groups is 4. The van der Waals surface area contributed by atoms with Gasteiger partial charge in [-0.15, -0.1) is 0 Å². The number of rotatable bonds is 8. The van der Waals surface area contributed by atoms with Gasteiger partial charge in [0.15, 0.2) is 11.6 Å². The van der Waals surface area contributed by atoms with Crippen LogP contribution in [-0.2, 0) is 42.4 Å². The monoisotopic (exact) mass is 920 g/mol. The van der Waals surface area contributed by atoms with Crippen LogP contribution in [0.4, 0.5) is 9.59 Å². The molecule has 8 rings (SSSR count). The molecule has 4 aromatic rings. The van der Waals surface area contributed by atoms with Crippen molar-refractivity contribution in [2.45, 2.75) is 49.3 Å². The quantitative estimate of drug-likeness (QED) is 0.177. The summed E-state index contributed by atoms with van der Waals surface area (Å²) < 4.78 is 57.2. The van der Waals surface area contributed by atoms with Gasteiger partial charge in [0.2, 0.25) is 20.0 Å². The van der Waals surface area contributed by atoms with E-state index in [1.54, 1.807) is 41.8 Å². The Bertz CT molecular complexity index is 2860. The number of nitrogens with zero attached hydrogens (tertiary/aromatic N) is 2. The fraction of sp³-hybridized carbons (Fsp3) is 0.273. The third-order valence-corrected chi connectivity index (χ3v) is 14.0. The van der Waals surface area contributed by atoms with Crippen LogP contribution in [0.2, 0.25) is 10.0 Å². The maximum Gasteiger partial charge on any atom is 0.410 e. The van der Waals surface area contributed by atoms with Gasteiger partial charge in [-0.25, -0.2) is 36.7 Å². The van der Waals surface area contributed by atoms with E-state index in [2.05, 4.69) is 0 Å². The van der Waals surface area contributed by atoms with E-state index in [-0.39, 0.29) is 54.7 Å². The van der Waals surface area contributed by atoms with Gasteiger partial charge in [0.05, 0.1) is 23.3 Å². The maximum absolute atomic E-state index is 13.1. The van der Waals surface area contributed by atoms with Crippen molar-refractivity contribution in [2.75, 3.05) is 39.4 Å². The lowest BCUT2D eigenvalue weighted by Crippen LogP contribution is -2.36. The summed E-state index contributed by atoms with van der Waals surface area (Å²) in [5.41, 5.74) is 10.0. The van der Waals surface area contributed by atoms with Gasteiger partial charge in [0.25, 0.3) is 0 Å². The third-order valence-electron chi connectivity index (χ3n) is 11.2. The van der Waals surface area contributed by atoms with Crippen LogP contribution >= 0.6 is 23.2 Å². The van der Waals surface area contributed by atoms with Gasteiger partial charge in [-0.1, -0.05) is 58.6 Å². The Morgan fingerprint density at radius 2 is 1.00 bits per heavy atom. The van der Waals surface area contributed by atoms with Crippen LogP contribution in [-0.4, -0.2) is 89.8 Å². The zero-order valence-electron chi connectivity index (χ0n) is 33.7. The first kappa shape index (κ1) is 44.7. The molecule has 2 amide bonds. The van der Waals surface area contributed by atoms with Crippen LogP contribution in [0.3, 0.4) is 0 Å². The molecule has 0 radical (unpaired) electrons. The molecule has 4 aromatic carbocycles. The van der Waals surface area contributed by atoms with Crippen molar-refractivity contribution in [1.82, 2.24) is 9.80 Å². The highest BCUT2D eigenvalue weighted by atomic mass is 35.5. The molecule has 62 heavy (non-hydrogen) atoms. The van der Waals surface area contributed by atoms with Crippen LogP contribution < -0.4 is 10.3 Å². The zero-order chi connectivity index (χ0) is 44.7. The largest absolute Gasteiger partial charge is 0.450 e. The number of primary sulfonamides is 2. The lowest BCUT2D eigenvalue weighted by molar-refractivity contribution is 0.103. The molecular formula is C44H42Cl2N4O10S2. The summed E-state index contributed by atoms with van der Waals surface area (Å²) in [6, 6.07) is 18.9. The Morgan fingerprint density at radius 1 is 0.581 bits per heavy atom. The van der Waals surface area contributed by atoms with Gasteiger partial charge in [0.1, 0.15) is 9.79 Å². The minimum Gasteiger partial charge on any atom is -0.450 e. The predicted molar refractivity (Wildman–Crippen MR) is 233 cm³/mol. The third kappa shape index (κ3) is 9.21. The van der Waals surface area contributed by atoms with Gasteiger partial charge in [-0.2, -0.15) is 0 Å². The predicted octanol–water partition coefficient (Wildman–Crippen LogP) is 6.78. The van der Waals surface area contributed by atoms with Crippen LogP contribution in [0.25, 0.3) is 11.1 Å². The van der Waals surface area contributed by atoms with Crippen molar-refractivity contribution in [3.05, 3.63) is 138 Å². The van der Waals surface area contributed by atoms with Gasteiger partial charge in [-0.3, -0.25) is 9.59 Å². The molecule has 0 fully saturated rings. The zero-order valence-corrected chi connectivity index (χ0v) is 36.8. The van der Waals surface area contributed by atoms with E-state index in [4.69, 9.17) is 43.0 Å². The number of hydrogen-bond acceptors (Lipinski definition) is 10. The van der Waals surface area contributed by atoms with Crippen molar-refractivity contribution in [3.8, 4) is 0 Å². The number of sulfonamides is 2. The van der Waals surface area contributed by atoms with Gasteiger partial charge in [0, 0.05) is 48.4 Å². The van der Waals surface area contributed by atoms with E-state index in [0.29, 0.717) is 50.5 Å². The minimum atomic E-state index is -4.06. The molecular weight excluding hydrogens is 880 g/mol. The number of halogens is 2. The van der Waals surface area contributed by atoms with Gasteiger partial charge in [-0.05, 0) is 121 Å². The van der Waals surface area contributed by atoms with E-state index >= 15 is 0 Å². The summed E-state index contributed by atoms with van der Waals surface area (Å²) in [5, 5.41) is 10.3. The highest BCUT2D eigenvalue weighted by Crippen LogP contribution is 2.40. The second-order valence-corrected chi connectivity index (χ2v) is 18.9. The molecule has 2 heterocycles. The summed E-state index contributed by atoms with van der Waals surface area (Å²) >= 11 is 11.8. The van der Waals surface area contributed by atoms with Crippen LogP contribution in [0.1, 0.15) is 80.8 Å². The lowest BCUT2D eigenvalue weighted by Gasteiger charge is -2.28. The van der Waals surface area contributed by atoms with E-state index in [1.807, 2.05) is 18.2 Å². The number of benzene rings is 4. The van der Waals surface area contributed by atoms with E-state index in [9.17, 15) is 36.0 Å². The molecule has 0 saturated carbocycles. The SMILES string of the molecule is CCOC(=O)N1CCC2=C(C1)c1cc(C(=O)c3ccc(Cl)c(S(N)(=O)=O)c3)ccc1C2.CCOC(=O)N1CCC2=C(C1)c1ccc(C(=O)c3ccc(Cl)c(S(N)(=O)=O)c3)cc1C2. The Morgan fingerprint density at radius 3 is 1.48 bits per heavy atom. The highest BCUT2D eigenvalue weighted by Gasteiger charge is 2.32. The van der Waals surface area contributed by atoms with Crippen LogP contribution in [0, 0.1) is 0 Å². The van der Waals surface area contributed by atoms with Crippen molar-refractivity contribution in [1.29, 1.82) is 0 Å². The molecule has 4 aliphatic rings. The lowest BCUT2D eigenvalue weighted by atomic mass is 9.96. The highest BCUT2D eigenvalue weighted by molar-refractivity contribution is 7.89. The van der Waals surface area contributed by atoms with Crippen molar-refractivity contribution >= 4 is 78.1 Å². The molecule has 14 nitrogen and oxygen atoms in total. The Kier molecular flexibility index (Phi) is 12.8. The Balaban J connectivity index is 0.000000186. The number of nitrogens with two attached hydrogens (primary N) is 2. The van der Waals surface area contributed by atoms with E-state index < -0.39 is 20.0 Å². The van der Waals surface area contributed by atoms with Gasteiger partial charge >= 0.3 is 12.2 Å². The molecule has 0 bridgehead atoms. The van der Waals surface area contributed by atoms with Crippen molar-refractivity contribution in [2.24, 2.45) is 10.3 Å². The molecule has 0 unspecified atom stereocenters. The first-order valence-corrected chi connectivity index (χ1v) is 23.5. The molecule has 324 valence electrons. The standard InChI is InChI=1S/2C22H21ClN2O5S/c1-2-30-22(27)25-8-7-13-9-16-10-14(3-5-17(16)18(13)12-25)21(26)15-4-6-19(23)20(11-15)31(24,28)29;1-2-30-22(27)25-8-7-14-9-13-3-4-15(10-17(13)18(14)12-25)21(26)16-5-6-19(23)20(11-16)31(24,28)29/h2*3-6,10-11H,2,7-9,12H2,1H3,(H2,24,28,29). The molecule has 18 heteroatoms.